The van der Waals surface area contributed by atoms with Gasteiger partial charge in [-0.25, -0.2) is 0 Å². The van der Waals surface area contributed by atoms with Gasteiger partial charge in [-0.15, -0.1) is 0 Å². The van der Waals surface area contributed by atoms with E-state index in [4.69, 9.17) is 5.11 Å². The van der Waals surface area contributed by atoms with Gasteiger partial charge in [0.1, 0.15) is 0 Å². The van der Waals surface area contributed by atoms with E-state index in [-0.39, 0.29) is 18.1 Å². The van der Waals surface area contributed by atoms with Crippen molar-refractivity contribution < 1.29 is 5.11 Å². The first-order valence-electron chi connectivity index (χ1n) is 6.41. The number of nitrogens with one attached hydrogen (secondary N) is 1. The summed E-state index contributed by atoms with van der Waals surface area (Å²) in [4.78, 5) is 0. The molecule has 1 atom stereocenters. The first-order chi connectivity index (χ1) is 7.97. The Hall–Kier alpha value is -0.860. The quantitative estimate of drug-likeness (QED) is 0.822. The third kappa shape index (κ3) is 4.49. The summed E-state index contributed by atoms with van der Waals surface area (Å²) in [6.07, 6.45) is 0.955. The fourth-order valence-electron chi connectivity index (χ4n) is 1.72. The molecule has 1 aromatic carbocycles. The standard InChI is InChI=1S/C15H25NO/c1-5-14(11-17)16-10-12-6-8-13(9-7-12)15(2,3)4/h6-9,14,16-17H,5,10-11H2,1-4H3/t14-/m0/s1. The Kier molecular flexibility index (Phi) is 5.16. The van der Waals surface area contributed by atoms with E-state index in [2.05, 4.69) is 57.3 Å². The van der Waals surface area contributed by atoms with Crippen LogP contribution in [0.25, 0.3) is 0 Å². The monoisotopic (exact) mass is 235 g/mol. The summed E-state index contributed by atoms with van der Waals surface area (Å²) in [6.45, 7) is 9.77. The number of benzene rings is 1. The van der Waals surface area contributed by atoms with Gasteiger partial charge in [-0.1, -0.05) is 52.0 Å². The fourth-order valence-corrected chi connectivity index (χ4v) is 1.72. The van der Waals surface area contributed by atoms with Crippen LogP contribution in [0, 0.1) is 0 Å². The minimum Gasteiger partial charge on any atom is -0.395 e. The highest BCUT2D eigenvalue weighted by molar-refractivity contribution is 5.27. The molecule has 96 valence electrons. The molecule has 0 saturated carbocycles. The number of rotatable bonds is 5. The highest BCUT2D eigenvalue weighted by Crippen LogP contribution is 2.22. The topological polar surface area (TPSA) is 32.3 Å². The van der Waals surface area contributed by atoms with Gasteiger partial charge in [-0.2, -0.15) is 0 Å². The van der Waals surface area contributed by atoms with E-state index in [0.717, 1.165) is 13.0 Å². The molecule has 0 saturated heterocycles. The Bertz CT molecular complexity index is 320. The number of hydrogen-bond donors (Lipinski definition) is 2. The van der Waals surface area contributed by atoms with Crippen LogP contribution >= 0.6 is 0 Å². The largest absolute Gasteiger partial charge is 0.395 e. The molecule has 2 nitrogen and oxygen atoms in total. The minimum absolute atomic E-state index is 0.205. The summed E-state index contributed by atoms with van der Waals surface area (Å²) < 4.78 is 0. The Morgan fingerprint density at radius 3 is 2.18 bits per heavy atom. The highest BCUT2D eigenvalue weighted by atomic mass is 16.3. The van der Waals surface area contributed by atoms with E-state index in [1.165, 1.54) is 11.1 Å². The van der Waals surface area contributed by atoms with Crippen LogP contribution in [-0.4, -0.2) is 17.8 Å². The average Bonchev–Trinajstić information content (AvgIpc) is 2.30. The normalized spacial score (nSPS) is 13.7. The van der Waals surface area contributed by atoms with E-state index in [9.17, 15) is 0 Å². The van der Waals surface area contributed by atoms with Crippen molar-refractivity contribution in [3.63, 3.8) is 0 Å². The van der Waals surface area contributed by atoms with Crippen molar-refractivity contribution in [3.8, 4) is 0 Å². The van der Waals surface area contributed by atoms with Crippen LogP contribution in [-0.2, 0) is 12.0 Å². The predicted molar refractivity (Wildman–Crippen MR) is 73.1 cm³/mol. The lowest BCUT2D eigenvalue weighted by Crippen LogP contribution is -2.31. The lowest BCUT2D eigenvalue weighted by atomic mass is 9.87. The molecular weight excluding hydrogens is 210 g/mol. The zero-order chi connectivity index (χ0) is 12.9. The molecule has 0 fully saturated rings. The van der Waals surface area contributed by atoms with Crippen LogP contribution in [0.3, 0.4) is 0 Å². The lowest BCUT2D eigenvalue weighted by molar-refractivity contribution is 0.238. The van der Waals surface area contributed by atoms with E-state index in [1.807, 2.05) is 0 Å². The first kappa shape index (κ1) is 14.2. The van der Waals surface area contributed by atoms with Gasteiger partial charge in [0.05, 0.1) is 6.61 Å². The van der Waals surface area contributed by atoms with Gasteiger partial charge in [0.15, 0.2) is 0 Å². The fraction of sp³-hybridized carbons (Fsp3) is 0.600. The third-order valence-corrected chi connectivity index (χ3v) is 3.13. The zero-order valence-electron chi connectivity index (χ0n) is 11.5. The summed E-state index contributed by atoms with van der Waals surface area (Å²) in [5.41, 5.74) is 2.84. The molecule has 0 aliphatic rings. The molecule has 0 aliphatic heterocycles. The second kappa shape index (κ2) is 6.18. The van der Waals surface area contributed by atoms with Gasteiger partial charge in [-0.3, -0.25) is 0 Å². The van der Waals surface area contributed by atoms with Gasteiger partial charge in [-0.05, 0) is 23.0 Å². The van der Waals surface area contributed by atoms with Crippen LogP contribution < -0.4 is 5.32 Å². The third-order valence-electron chi connectivity index (χ3n) is 3.13. The molecule has 0 bridgehead atoms. The van der Waals surface area contributed by atoms with Gasteiger partial charge in [0, 0.05) is 12.6 Å². The average molecular weight is 235 g/mol. The Labute approximate surface area is 105 Å². The van der Waals surface area contributed by atoms with Crippen molar-refractivity contribution in [2.45, 2.75) is 52.1 Å². The molecule has 0 aliphatic carbocycles. The summed E-state index contributed by atoms with van der Waals surface area (Å²) in [5, 5.41) is 12.4. The van der Waals surface area contributed by atoms with Crippen LogP contribution in [0.1, 0.15) is 45.2 Å². The van der Waals surface area contributed by atoms with Crippen molar-refractivity contribution in [1.82, 2.24) is 5.32 Å². The SMILES string of the molecule is CC[C@@H](CO)NCc1ccc(C(C)(C)C)cc1. The summed E-state index contributed by atoms with van der Waals surface area (Å²) in [7, 11) is 0. The summed E-state index contributed by atoms with van der Waals surface area (Å²) in [6, 6.07) is 8.92. The van der Waals surface area contributed by atoms with E-state index < -0.39 is 0 Å². The first-order valence-corrected chi connectivity index (χ1v) is 6.41. The van der Waals surface area contributed by atoms with E-state index in [1.54, 1.807) is 0 Å². The Morgan fingerprint density at radius 1 is 1.18 bits per heavy atom. The van der Waals surface area contributed by atoms with Crippen LogP contribution in [0.15, 0.2) is 24.3 Å². The number of hydrogen-bond acceptors (Lipinski definition) is 2. The van der Waals surface area contributed by atoms with Crippen molar-refractivity contribution in [1.29, 1.82) is 0 Å². The molecule has 0 aromatic heterocycles. The molecule has 2 heteroatoms. The minimum atomic E-state index is 0.205. The van der Waals surface area contributed by atoms with Crippen molar-refractivity contribution in [3.05, 3.63) is 35.4 Å². The van der Waals surface area contributed by atoms with Crippen molar-refractivity contribution in [2.75, 3.05) is 6.61 Å². The highest BCUT2D eigenvalue weighted by Gasteiger charge is 2.12. The van der Waals surface area contributed by atoms with Gasteiger partial charge in [0.2, 0.25) is 0 Å². The lowest BCUT2D eigenvalue weighted by Gasteiger charge is -2.19. The van der Waals surface area contributed by atoms with E-state index >= 15 is 0 Å². The molecule has 0 amide bonds. The Balaban J connectivity index is 2.57. The van der Waals surface area contributed by atoms with Crippen molar-refractivity contribution in [2.24, 2.45) is 0 Å². The number of aliphatic hydroxyl groups excluding tert-OH is 1. The van der Waals surface area contributed by atoms with E-state index in [0.29, 0.717) is 0 Å². The molecule has 0 heterocycles. The zero-order valence-corrected chi connectivity index (χ0v) is 11.5. The molecule has 17 heavy (non-hydrogen) atoms. The van der Waals surface area contributed by atoms with Crippen molar-refractivity contribution >= 4 is 0 Å². The molecular formula is C15H25NO. The molecule has 2 N–H and O–H groups in total. The molecule has 0 unspecified atom stereocenters. The molecule has 1 rings (SSSR count). The maximum atomic E-state index is 9.09. The van der Waals surface area contributed by atoms with Gasteiger partial charge < -0.3 is 10.4 Å². The molecule has 0 spiro atoms. The van der Waals surface area contributed by atoms with Crippen LogP contribution in [0.2, 0.25) is 0 Å². The summed E-state index contributed by atoms with van der Waals surface area (Å²) in [5.74, 6) is 0. The van der Waals surface area contributed by atoms with Gasteiger partial charge >= 0.3 is 0 Å². The predicted octanol–water partition coefficient (Wildman–Crippen LogP) is 2.84. The van der Waals surface area contributed by atoms with Gasteiger partial charge in [0.25, 0.3) is 0 Å². The second-order valence-corrected chi connectivity index (χ2v) is 5.62. The van der Waals surface area contributed by atoms with Crippen LogP contribution in [0.5, 0.6) is 0 Å². The maximum absolute atomic E-state index is 9.09. The summed E-state index contributed by atoms with van der Waals surface area (Å²) >= 11 is 0. The maximum Gasteiger partial charge on any atom is 0.0584 e. The molecule has 0 radical (unpaired) electrons. The number of aliphatic hydroxyl groups is 1. The smallest absolute Gasteiger partial charge is 0.0584 e. The Morgan fingerprint density at radius 2 is 1.76 bits per heavy atom. The van der Waals surface area contributed by atoms with Crippen LogP contribution in [0.4, 0.5) is 0 Å². The second-order valence-electron chi connectivity index (χ2n) is 5.62. The molecule has 1 aromatic rings.